The minimum Gasteiger partial charge on any atom is -0.465 e. The summed E-state index contributed by atoms with van der Waals surface area (Å²) >= 11 is 0.884. The Morgan fingerprint density at radius 2 is 1.73 bits per heavy atom. The summed E-state index contributed by atoms with van der Waals surface area (Å²) in [6, 6.07) is 5.34. The number of nitrogens with zero attached hydrogens (tertiary/aromatic N) is 2. The highest BCUT2D eigenvalue weighted by atomic mass is 32.2. The van der Waals surface area contributed by atoms with Crippen LogP contribution in [0.5, 0.6) is 0 Å². The molecule has 0 aliphatic carbocycles. The second kappa shape index (κ2) is 8.36. The van der Waals surface area contributed by atoms with E-state index in [2.05, 4.69) is 4.74 Å². The molecular weight excluding hydrogens is 445 g/mol. The number of hydrogen-bond acceptors (Lipinski definition) is 6. The minimum atomic E-state index is -4.56. The van der Waals surface area contributed by atoms with Gasteiger partial charge in [-0.25, -0.2) is 13.2 Å². The molecular formula is C18H17F3N2O5S2. The Labute approximate surface area is 174 Å². The lowest BCUT2D eigenvalue weighted by Crippen LogP contribution is -2.50. The van der Waals surface area contributed by atoms with Gasteiger partial charge in [-0.3, -0.25) is 4.79 Å². The average Bonchev–Trinajstić information content (AvgIpc) is 3.23. The number of methoxy groups -OCH3 is 1. The van der Waals surface area contributed by atoms with Crippen molar-refractivity contribution in [2.45, 2.75) is 10.4 Å². The van der Waals surface area contributed by atoms with Crippen LogP contribution in [0.1, 0.15) is 26.3 Å². The molecule has 1 amide bonds. The van der Waals surface area contributed by atoms with Crippen molar-refractivity contribution in [1.82, 2.24) is 9.21 Å². The van der Waals surface area contributed by atoms with Gasteiger partial charge in [-0.15, -0.1) is 11.3 Å². The molecule has 1 aromatic heterocycles. The maximum atomic E-state index is 12.9. The molecule has 1 aliphatic rings. The smallest absolute Gasteiger partial charge is 0.416 e. The highest BCUT2D eigenvalue weighted by Gasteiger charge is 2.34. The van der Waals surface area contributed by atoms with Gasteiger partial charge in [-0.2, -0.15) is 17.5 Å². The molecule has 1 aromatic carbocycles. The highest BCUT2D eigenvalue weighted by molar-refractivity contribution is 7.91. The fourth-order valence-electron chi connectivity index (χ4n) is 2.95. The van der Waals surface area contributed by atoms with Crippen LogP contribution in [0, 0.1) is 0 Å². The molecule has 162 valence electrons. The summed E-state index contributed by atoms with van der Waals surface area (Å²) < 4.78 is 69.8. The number of hydrogen-bond donors (Lipinski definition) is 0. The number of piperazine rings is 1. The third-order valence-electron chi connectivity index (χ3n) is 4.55. The number of benzene rings is 1. The molecule has 1 saturated heterocycles. The van der Waals surface area contributed by atoms with E-state index >= 15 is 0 Å². The van der Waals surface area contributed by atoms with Crippen LogP contribution in [0.4, 0.5) is 13.2 Å². The van der Waals surface area contributed by atoms with Gasteiger partial charge in [-0.05, 0) is 24.3 Å². The van der Waals surface area contributed by atoms with Crippen molar-refractivity contribution in [1.29, 1.82) is 0 Å². The number of carbonyl (C=O) groups is 2. The van der Waals surface area contributed by atoms with Gasteiger partial charge in [0.25, 0.3) is 15.9 Å². The molecule has 2 heterocycles. The number of amides is 1. The van der Waals surface area contributed by atoms with Crippen molar-refractivity contribution in [3.63, 3.8) is 0 Å². The molecule has 0 saturated carbocycles. The lowest BCUT2D eigenvalue weighted by atomic mass is 10.1. The number of alkyl halides is 3. The number of esters is 1. The van der Waals surface area contributed by atoms with E-state index in [1.165, 1.54) is 33.8 Å². The number of sulfonamides is 1. The van der Waals surface area contributed by atoms with Crippen molar-refractivity contribution in [3.05, 3.63) is 52.4 Å². The van der Waals surface area contributed by atoms with E-state index in [0.717, 1.165) is 29.5 Å². The van der Waals surface area contributed by atoms with E-state index < -0.39 is 33.6 Å². The molecule has 2 aromatic rings. The predicted molar refractivity (Wildman–Crippen MR) is 102 cm³/mol. The van der Waals surface area contributed by atoms with Crippen molar-refractivity contribution in [3.8, 4) is 0 Å². The summed E-state index contributed by atoms with van der Waals surface area (Å²) in [7, 11) is -2.68. The van der Waals surface area contributed by atoms with Gasteiger partial charge < -0.3 is 9.64 Å². The van der Waals surface area contributed by atoms with Crippen LogP contribution >= 0.6 is 11.3 Å². The minimum absolute atomic E-state index is 0.0154. The topological polar surface area (TPSA) is 84.0 Å². The molecule has 1 aliphatic heterocycles. The summed E-state index contributed by atoms with van der Waals surface area (Å²) in [5.74, 6) is -1.24. The van der Waals surface area contributed by atoms with Crippen molar-refractivity contribution in [2.75, 3.05) is 33.3 Å². The third kappa shape index (κ3) is 4.50. The first kappa shape index (κ1) is 22.2. The zero-order valence-corrected chi connectivity index (χ0v) is 17.3. The highest BCUT2D eigenvalue weighted by Crippen LogP contribution is 2.30. The summed E-state index contributed by atoms with van der Waals surface area (Å²) in [5, 5.41) is 1.38. The lowest BCUT2D eigenvalue weighted by molar-refractivity contribution is -0.137. The zero-order chi connectivity index (χ0) is 22.1. The SMILES string of the molecule is COC(=O)c1csc(S(=O)(=O)N2CCN(C(=O)c3cccc(C(F)(F)F)c3)CC2)c1. The van der Waals surface area contributed by atoms with Crippen LogP contribution in [0.25, 0.3) is 0 Å². The van der Waals surface area contributed by atoms with Gasteiger partial charge in [-0.1, -0.05) is 6.07 Å². The molecule has 0 atom stereocenters. The van der Waals surface area contributed by atoms with Crippen LogP contribution in [0.3, 0.4) is 0 Å². The predicted octanol–water partition coefficient (Wildman–Crippen LogP) is 2.70. The molecule has 30 heavy (non-hydrogen) atoms. The Kier molecular flexibility index (Phi) is 6.20. The van der Waals surface area contributed by atoms with Crippen LogP contribution in [-0.4, -0.2) is 62.8 Å². The van der Waals surface area contributed by atoms with Crippen LogP contribution in [-0.2, 0) is 20.9 Å². The fraction of sp³-hybridized carbons (Fsp3) is 0.333. The Morgan fingerprint density at radius 1 is 1.07 bits per heavy atom. The van der Waals surface area contributed by atoms with E-state index in [4.69, 9.17) is 0 Å². The van der Waals surface area contributed by atoms with E-state index in [9.17, 15) is 31.2 Å². The molecule has 1 fully saturated rings. The first-order valence-electron chi connectivity index (χ1n) is 8.67. The van der Waals surface area contributed by atoms with Gasteiger partial charge in [0.1, 0.15) is 4.21 Å². The van der Waals surface area contributed by atoms with E-state index in [1.54, 1.807) is 0 Å². The Hall–Kier alpha value is -2.44. The summed E-state index contributed by atoms with van der Waals surface area (Å²) in [4.78, 5) is 25.4. The monoisotopic (exact) mass is 462 g/mol. The van der Waals surface area contributed by atoms with Gasteiger partial charge in [0.15, 0.2) is 0 Å². The van der Waals surface area contributed by atoms with Crippen molar-refractivity contribution >= 4 is 33.2 Å². The van der Waals surface area contributed by atoms with Crippen LogP contribution in [0.15, 0.2) is 39.9 Å². The number of rotatable bonds is 4. The maximum absolute atomic E-state index is 12.9. The van der Waals surface area contributed by atoms with Crippen LogP contribution in [0.2, 0.25) is 0 Å². The van der Waals surface area contributed by atoms with E-state index in [-0.39, 0.29) is 41.5 Å². The Balaban J connectivity index is 1.69. The van der Waals surface area contributed by atoms with Gasteiger partial charge in [0, 0.05) is 37.1 Å². The molecule has 0 N–H and O–H groups in total. The third-order valence-corrected chi connectivity index (χ3v) is 7.87. The van der Waals surface area contributed by atoms with Gasteiger partial charge in [0.2, 0.25) is 0 Å². The number of thiophene rings is 1. The summed E-state index contributed by atoms with van der Waals surface area (Å²) in [6.45, 7) is 0.0318. The van der Waals surface area contributed by atoms with Crippen molar-refractivity contribution < 1.29 is 35.9 Å². The normalized spacial score (nSPS) is 15.8. The number of ether oxygens (including phenoxy) is 1. The van der Waals surface area contributed by atoms with E-state index in [0.29, 0.717) is 0 Å². The summed E-state index contributed by atoms with van der Waals surface area (Å²) in [6.07, 6.45) is -4.56. The molecule has 7 nitrogen and oxygen atoms in total. The molecule has 0 radical (unpaired) electrons. The van der Waals surface area contributed by atoms with E-state index in [1.807, 2.05) is 0 Å². The second-order valence-corrected chi connectivity index (χ2v) is 9.50. The Morgan fingerprint density at radius 3 is 2.33 bits per heavy atom. The molecule has 0 spiro atoms. The maximum Gasteiger partial charge on any atom is 0.416 e. The lowest BCUT2D eigenvalue weighted by Gasteiger charge is -2.33. The van der Waals surface area contributed by atoms with Gasteiger partial charge >= 0.3 is 12.1 Å². The molecule has 0 bridgehead atoms. The summed E-state index contributed by atoms with van der Waals surface area (Å²) in [5.41, 5.74) is -0.907. The van der Waals surface area contributed by atoms with Crippen LogP contribution < -0.4 is 0 Å². The number of carbonyl (C=O) groups excluding carboxylic acids is 2. The number of halogens is 3. The fourth-order valence-corrected chi connectivity index (χ4v) is 5.67. The second-order valence-electron chi connectivity index (χ2n) is 6.42. The molecule has 3 rings (SSSR count). The van der Waals surface area contributed by atoms with Gasteiger partial charge in [0.05, 0.1) is 18.2 Å². The van der Waals surface area contributed by atoms with Crippen molar-refractivity contribution in [2.24, 2.45) is 0 Å². The quantitative estimate of drug-likeness (QED) is 0.653. The molecule has 12 heteroatoms. The largest absolute Gasteiger partial charge is 0.465 e. The first-order valence-corrected chi connectivity index (χ1v) is 11.0. The average molecular weight is 462 g/mol. The standard InChI is InChI=1S/C18H17F3N2O5S2/c1-28-17(25)13-10-15(29-11-13)30(26,27)23-7-5-22(6-8-23)16(24)12-3-2-4-14(9-12)18(19,20)21/h2-4,9-11H,5-8H2,1H3. The Bertz CT molecular complexity index is 1060. The molecule has 0 unspecified atom stereocenters. The first-order chi connectivity index (χ1) is 14.0. The zero-order valence-electron chi connectivity index (χ0n) is 15.7.